The molecule has 1 aromatic carbocycles. The maximum Gasteiger partial charge on any atom is 0.0927 e. The molecule has 0 atom stereocenters. The number of fused-ring (bicyclic) bond motifs is 2. The van der Waals surface area contributed by atoms with Crippen molar-refractivity contribution in [2.45, 2.75) is 39.5 Å². The second-order valence-electron chi connectivity index (χ2n) is 5.41. The quantitative estimate of drug-likeness (QED) is 0.847. The highest BCUT2D eigenvalue weighted by Gasteiger charge is 2.22. The Bertz CT molecular complexity index is 680. The lowest BCUT2D eigenvalue weighted by atomic mass is 10.0. The van der Waals surface area contributed by atoms with E-state index in [-0.39, 0.29) is 0 Å². The number of hydrogen-bond donors (Lipinski definition) is 1. The average Bonchev–Trinajstić information content (AvgIpc) is 2.89. The largest absolute Gasteiger partial charge is 0.384 e. The molecule has 0 spiro atoms. The summed E-state index contributed by atoms with van der Waals surface area (Å²) in [5, 5.41) is 6.00. The number of benzene rings is 1. The van der Waals surface area contributed by atoms with Crippen LogP contribution in [0.15, 0.2) is 6.07 Å². The third kappa shape index (κ3) is 2.15. The van der Waals surface area contributed by atoms with Crippen LogP contribution in [0, 0.1) is 6.92 Å². The second-order valence-corrected chi connectivity index (χ2v) is 6.19. The van der Waals surface area contributed by atoms with E-state index in [9.17, 15) is 0 Å². The molecule has 0 saturated carbocycles. The lowest BCUT2D eigenvalue weighted by Gasteiger charge is -2.17. The van der Waals surface area contributed by atoms with Crippen molar-refractivity contribution in [1.29, 1.82) is 0 Å². The Labute approximate surface area is 129 Å². The highest BCUT2D eigenvalue weighted by Crippen LogP contribution is 2.41. The Kier molecular flexibility index (Phi) is 3.78. The molecule has 0 fully saturated rings. The smallest absolute Gasteiger partial charge is 0.0927 e. The van der Waals surface area contributed by atoms with Crippen molar-refractivity contribution < 1.29 is 0 Å². The molecule has 2 aromatic rings. The maximum absolute atomic E-state index is 6.55. The van der Waals surface area contributed by atoms with Gasteiger partial charge in [-0.15, -0.1) is 0 Å². The van der Waals surface area contributed by atoms with Crippen LogP contribution in [0.1, 0.15) is 36.6 Å². The van der Waals surface area contributed by atoms with Crippen molar-refractivity contribution in [2.24, 2.45) is 0 Å². The minimum absolute atomic E-state index is 0.691. The number of halogens is 2. The van der Waals surface area contributed by atoms with Gasteiger partial charge in [0, 0.05) is 17.6 Å². The lowest BCUT2D eigenvalue weighted by Crippen LogP contribution is -2.06. The van der Waals surface area contributed by atoms with Gasteiger partial charge in [0.1, 0.15) is 0 Å². The van der Waals surface area contributed by atoms with Crippen LogP contribution in [0.25, 0.3) is 10.9 Å². The van der Waals surface area contributed by atoms with E-state index in [1.807, 2.05) is 13.0 Å². The van der Waals surface area contributed by atoms with Gasteiger partial charge in [-0.2, -0.15) is 0 Å². The Hall–Kier alpha value is -0.990. The van der Waals surface area contributed by atoms with Gasteiger partial charge < -0.3 is 5.32 Å². The molecule has 0 amide bonds. The molecule has 20 heavy (non-hydrogen) atoms. The van der Waals surface area contributed by atoms with Crippen LogP contribution < -0.4 is 5.32 Å². The van der Waals surface area contributed by atoms with Crippen molar-refractivity contribution in [3.63, 3.8) is 0 Å². The van der Waals surface area contributed by atoms with Crippen LogP contribution in [-0.2, 0) is 12.8 Å². The number of anilines is 1. The minimum Gasteiger partial charge on any atom is -0.384 e. The van der Waals surface area contributed by atoms with Crippen LogP contribution in [-0.4, -0.2) is 11.5 Å². The molecule has 1 aliphatic rings. The van der Waals surface area contributed by atoms with Gasteiger partial charge in [0.25, 0.3) is 0 Å². The Balaban J connectivity index is 2.35. The van der Waals surface area contributed by atoms with Gasteiger partial charge in [-0.05, 0) is 49.8 Å². The summed E-state index contributed by atoms with van der Waals surface area (Å²) in [6, 6.07) is 1.91. The molecule has 0 saturated heterocycles. The van der Waals surface area contributed by atoms with Crippen LogP contribution in [0.4, 0.5) is 5.69 Å². The Morgan fingerprint density at radius 3 is 2.85 bits per heavy atom. The fourth-order valence-corrected chi connectivity index (χ4v) is 3.47. The molecule has 0 unspecified atom stereocenters. The number of hydrogen-bond acceptors (Lipinski definition) is 2. The van der Waals surface area contributed by atoms with E-state index in [1.54, 1.807) is 0 Å². The number of nitrogens with one attached hydrogen (secondary N) is 1. The standard InChI is InChI=1S/C16H18Cl2N2/c1-3-7-19-15-10-5-4-6-12(10)20-16-11(17)8-9(2)14(18)13(15)16/h8H,3-7H2,1-2H3,(H,19,20). The molecule has 1 aliphatic carbocycles. The molecule has 4 heteroatoms. The van der Waals surface area contributed by atoms with Crippen LogP contribution in [0.5, 0.6) is 0 Å². The zero-order valence-electron chi connectivity index (χ0n) is 11.8. The van der Waals surface area contributed by atoms with Crippen molar-refractivity contribution in [2.75, 3.05) is 11.9 Å². The summed E-state index contributed by atoms with van der Waals surface area (Å²) >= 11 is 12.9. The summed E-state index contributed by atoms with van der Waals surface area (Å²) in [6.07, 6.45) is 4.35. The number of aromatic nitrogens is 1. The summed E-state index contributed by atoms with van der Waals surface area (Å²) in [5.74, 6) is 0. The van der Waals surface area contributed by atoms with Gasteiger partial charge >= 0.3 is 0 Å². The van der Waals surface area contributed by atoms with E-state index in [4.69, 9.17) is 28.2 Å². The summed E-state index contributed by atoms with van der Waals surface area (Å²) in [4.78, 5) is 4.77. The van der Waals surface area contributed by atoms with Crippen molar-refractivity contribution in [3.05, 3.63) is 32.9 Å². The number of pyridine rings is 1. The van der Waals surface area contributed by atoms with Gasteiger partial charge in [0.2, 0.25) is 0 Å². The number of rotatable bonds is 3. The second kappa shape index (κ2) is 5.42. The van der Waals surface area contributed by atoms with Crippen LogP contribution >= 0.6 is 23.2 Å². The van der Waals surface area contributed by atoms with Crippen molar-refractivity contribution in [3.8, 4) is 0 Å². The normalized spacial score (nSPS) is 13.8. The van der Waals surface area contributed by atoms with E-state index < -0.39 is 0 Å². The van der Waals surface area contributed by atoms with E-state index >= 15 is 0 Å². The van der Waals surface area contributed by atoms with Gasteiger partial charge in [0.15, 0.2) is 0 Å². The van der Waals surface area contributed by atoms with E-state index in [0.29, 0.717) is 5.02 Å². The monoisotopic (exact) mass is 308 g/mol. The van der Waals surface area contributed by atoms with E-state index in [2.05, 4.69) is 12.2 Å². The SMILES string of the molecule is CCCNc1c2c(nc3c(Cl)cc(C)c(Cl)c13)CCC2. The molecule has 1 N–H and O–H groups in total. The summed E-state index contributed by atoms with van der Waals surface area (Å²) in [7, 11) is 0. The summed E-state index contributed by atoms with van der Waals surface area (Å²) < 4.78 is 0. The topological polar surface area (TPSA) is 24.9 Å². The third-order valence-electron chi connectivity index (χ3n) is 3.91. The van der Waals surface area contributed by atoms with Crippen LogP contribution in [0.3, 0.4) is 0 Å². The summed E-state index contributed by atoms with van der Waals surface area (Å²) in [6.45, 7) is 5.09. The molecular weight excluding hydrogens is 291 g/mol. The zero-order valence-corrected chi connectivity index (χ0v) is 13.3. The fraction of sp³-hybridized carbons (Fsp3) is 0.438. The predicted octanol–water partition coefficient (Wildman–Crippen LogP) is 5.16. The Morgan fingerprint density at radius 1 is 1.30 bits per heavy atom. The predicted molar refractivity (Wildman–Crippen MR) is 87.3 cm³/mol. The minimum atomic E-state index is 0.691. The molecule has 0 radical (unpaired) electrons. The van der Waals surface area contributed by atoms with E-state index in [1.165, 1.54) is 11.3 Å². The van der Waals surface area contributed by atoms with Gasteiger partial charge in [-0.1, -0.05) is 30.1 Å². The van der Waals surface area contributed by atoms with Crippen LogP contribution in [0.2, 0.25) is 10.0 Å². The van der Waals surface area contributed by atoms with Crippen molar-refractivity contribution >= 4 is 39.8 Å². The molecule has 2 nitrogen and oxygen atoms in total. The van der Waals surface area contributed by atoms with E-state index in [0.717, 1.165) is 59.4 Å². The van der Waals surface area contributed by atoms with Crippen molar-refractivity contribution in [1.82, 2.24) is 4.98 Å². The highest BCUT2D eigenvalue weighted by molar-refractivity contribution is 6.41. The zero-order chi connectivity index (χ0) is 14.3. The first-order valence-corrected chi connectivity index (χ1v) is 7.93. The number of nitrogens with zero attached hydrogens (tertiary/aromatic N) is 1. The molecule has 0 bridgehead atoms. The summed E-state index contributed by atoms with van der Waals surface area (Å²) in [5.41, 5.74) is 5.50. The van der Waals surface area contributed by atoms with Gasteiger partial charge in [-0.25, -0.2) is 0 Å². The lowest BCUT2D eigenvalue weighted by molar-refractivity contribution is 0.900. The fourth-order valence-electron chi connectivity index (χ4n) is 2.93. The first-order valence-electron chi connectivity index (χ1n) is 7.17. The molecule has 1 aromatic heterocycles. The first-order chi connectivity index (χ1) is 9.63. The Morgan fingerprint density at radius 2 is 2.10 bits per heavy atom. The molecular formula is C16H18Cl2N2. The molecule has 106 valence electrons. The molecule has 0 aliphatic heterocycles. The maximum atomic E-state index is 6.55. The third-order valence-corrected chi connectivity index (χ3v) is 4.69. The highest BCUT2D eigenvalue weighted by atomic mass is 35.5. The molecule has 1 heterocycles. The average molecular weight is 309 g/mol. The van der Waals surface area contributed by atoms with Gasteiger partial charge in [-0.3, -0.25) is 4.98 Å². The first kappa shape index (κ1) is 14.0. The van der Waals surface area contributed by atoms with Gasteiger partial charge in [0.05, 0.1) is 21.2 Å². The molecule has 3 rings (SSSR count). The number of aryl methyl sites for hydroxylation is 2.